The number of fused-ring (bicyclic) bond motifs is 3. The van der Waals surface area contributed by atoms with Gasteiger partial charge in [-0.1, -0.05) is 31.0 Å². The van der Waals surface area contributed by atoms with Gasteiger partial charge in [0.1, 0.15) is 4.83 Å². The second kappa shape index (κ2) is 8.99. The van der Waals surface area contributed by atoms with Gasteiger partial charge in [-0.2, -0.15) is 0 Å². The Bertz CT molecular complexity index is 910. The molecule has 0 unspecified atom stereocenters. The molecular weight excluding hydrogens is 390 g/mol. The Kier molecular flexibility index (Phi) is 6.41. The summed E-state index contributed by atoms with van der Waals surface area (Å²) in [6.45, 7) is 4.30. The summed E-state index contributed by atoms with van der Waals surface area (Å²) >= 11 is 3.11. The number of amides is 1. The van der Waals surface area contributed by atoms with Crippen molar-refractivity contribution in [1.82, 2.24) is 14.5 Å². The summed E-state index contributed by atoms with van der Waals surface area (Å²) in [5, 5.41) is 1.53. The van der Waals surface area contributed by atoms with E-state index in [1.165, 1.54) is 47.9 Å². The van der Waals surface area contributed by atoms with E-state index in [1.54, 1.807) is 15.9 Å². The van der Waals surface area contributed by atoms with Crippen LogP contribution in [0, 0.1) is 0 Å². The minimum atomic E-state index is 0.0770. The first-order valence-corrected chi connectivity index (χ1v) is 12.4. The van der Waals surface area contributed by atoms with Crippen molar-refractivity contribution in [3.05, 3.63) is 20.8 Å². The van der Waals surface area contributed by atoms with Crippen LogP contribution in [-0.4, -0.2) is 39.2 Å². The summed E-state index contributed by atoms with van der Waals surface area (Å²) in [5.41, 5.74) is 1.31. The van der Waals surface area contributed by atoms with Gasteiger partial charge in [0.05, 0.1) is 11.1 Å². The van der Waals surface area contributed by atoms with Crippen LogP contribution in [0.4, 0.5) is 0 Å². The van der Waals surface area contributed by atoms with Crippen LogP contribution in [0.1, 0.15) is 62.3 Å². The van der Waals surface area contributed by atoms with Gasteiger partial charge < -0.3 is 4.90 Å². The van der Waals surface area contributed by atoms with Crippen molar-refractivity contribution in [2.24, 2.45) is 0 Å². The van der Waals surface area contributed by atoms with Crippen LogP contribution in [0.5, 0.6) is 0 Å². The summed E-state index contributed by atoms with van der Waals surface area (Å²) in [7, 11) is 0. The first kappa shape index (κ1) is 20.0. The molecule has 0 N–H and O–H groups in total. The molecule has 0 saturated carbocycles. The quantitative estimate of drug-likeness (QED) is 0.549. The molecule has 152 valence electrons. The lowest BCUT2D eigenvalue weighted by Crippen LogP contribution is -2.35. The van der Waals surface area contributed by atoms with Crippen LogP contribution in [0.2, 0.25) is 0 Å². The van der Waals surface area contributed by atoms with Crippen LogP contribution in [0.25, 0.3) is 10.2 Å². The fourth-order valence-electron chi connectivity index (χ4n) is 4.32. The monoisotopic (exact) mass is 419 g/mol. The molecule has 1 fully saturated rings. The molecule has 5 nitrogen and oxygen atoms in total. The summed E-state index contributed by atoms with van der Waals surface area (Å²) in [6.07, 6.45) is 10.3. The van der Waals surface area contributed by atoms with Gasteiger partial charge in [-0.25, -0.2) is 4.98 Å². The van der Waals surface area contributed by atoms with Crippen molar-refractivity contribution in [2.75, 3.05) is 18.8 Å². The topological polar surface area (TPSA) is 55.2 Å². The summed E-state index contributed by atoms with van der Waals surface area (Å²) in [5.74, 6) is 0.539. The zero-order chi connectivity index (χ0) is 19.5. The van der Waals surface area contributed by atoms with Crippen LogP contribution < -0.4 is 5.56 Å². The van der Waals surface area contributed by atoms with Gasteiger partial charge in [-0.15, -0.1) is 11.3 Å². The molecule has 0 radical (unpaired) electrons. The predicted molar refractivity (Wildman–Crippen MR) is 117 cm³/mol. The summed E-state index contributed by atoms with van der Waals surface area (Å²) in [6, 6.07) is 0. The van der Waals surface area contributed by atoms with E-state index in [0.29, 0.717) is 17.5 Å². The zero-order valence-corrected chi connectivity index (χ0v) is 18.3. The van der Waals surface area contributed by atoms with Crippen molar-refractivity contribution >= 4 is 39.2 Å². The molecule has 1 saturated heterocycles. The number of nitrogens with zero attached hydrogens (tertiary/aromatic N) is 3. The van der Waals surface area contributed by atoms with Crippen LogP contribution in [-0.2, 0) is 24.2 Å². The van der Waals surface area contributed by atoms with Gasteiger partial charge in [-0.3, -0.25) is 14.2 Å². The van der Waals surface area contributed by atoms with E-state index in [9.17, 15) is 9.59 Å². The highest BCUT2D eigenvalue weighted by molar-refractivity contribution is 7.99. The normalized spacial score (nSPS) is 18.0. The van der Waals surface area contributed by atoms with E-state index in [1.807, 2.05) is 11.8 Å². The molecule has 0 aromatic carbocycles. The maximum atomic E-state index is 13.2. The minimum Gasteiger partial charge on any atom is -0.342 e. The molecule has 0 atom stereocenters. The number of carbonyl (C=O) groups excluding carboxylic acids is 1. The molecule has 3 heterocycles. The number of hydrogen-bond acceptors (Lipinski definition) is 5. The fraction of sp³-hybridized carbons (Fsp3) is 0.667. The number of aryl methyl sites for hydroxylation is 2. The lowest BCUT2D eigenvalue weighted by molar-refractivity contribution is -0.128. The van der Waals surface area contributed by atoms with Crippen molar-refractivity contribution in [3.63, 3.8) is 0 Å². The van der Waals surface area contributed by atoms with E-state index in [-0.39, 0.29) is 11.5 Å². The van der Waals surface area contributed by atoms with E-state index < -0.39 is 0 Å². The number of thioether (sulfide) groups is 1. The molecule has 1 amide bonds. The van der Waals surface area contributed by atoms with Gasteiger partial charge in [0, 0.05) is 24.5 Å². The molecule has 2 aromatic rings. The van der Waals surface area contributed by atoms with Crippen molar-refractivity contribution in [3.8, 4) is 0 Å². The van der Waals surface area contributed by atoms with Gasteiger partial charge in [0.15, 0.2) is 5.16 Å². The first-order valence-electron chi connectivity index (χ1n) is 10.6. The van der Waals surface area contributed by atoms with Crippen LogP contribution in [0.3, 0.4) is 0 Å². The lowest BCUT2D eigenvalue weighted by Gasteiger charge is -2.24. The minimum absolute atomic E-state index is 0.0770. The average molecular weight is 420 g/mol. The summed E-state index contributed by atoms with van der Waals surface area (Å²) < 4.78 is 1.76. The number of rotatable bonds is 4. The molecule has 1 aliphatic heterocycles. The third kappa shape index (κ3) is 4.01. The molecule has 7 heteroatoms. The van der Waals surface area contributed by atoms with E-state index >= 15 is 0 Å². The maximum absolute atomic E-state index is 13.2. The van der Waals surface area contributed by atoms with Crippen molar-refractivity contribution < 1.29 is 4.79 Å². The Morgan fingerprint density at radius 1 is 1.07 bits per heavy atom. The first-order chi connectivity index (χ1) is 13.7. The fourth-order valence-corrected chi connectivity index (χ4v) is 6.59. The number of carbonyl (C=O) groups is 1. The third-order valence-corrected chi connectivity index (χ3v) is 8.04. The molecule has 2 aliphatic rings. The number of likely N-dealkylation sites (tertiary alicyclic amines) is 1. The van der Waals surface area contributed by atoms with E-state index in [4.69, 9.17) is 4.98 Å². The molecule has 0 bridgehead atoms. The van der Waals surface area contributed by atoms with E-state index in [2.05, 4.69) is 0 Å². The highest BCUT2D eigenvalue weighted by atomic mass is 32.2. The molecular formula is C21H29N3O2S2. The van der Waals surface area contributed by atoms with Gasteiger partial charge in [0.2, 0.25) is 5.91 Å². The number of aromatic nitrogens is 2. The highest BCUT2D eigenvalue weighted by Crippen LogP contribution is 2.34. The highest BCUT2D eigenvalue weighted by Gasteiger charge is 2.23. The van der Waals surface area contributed by atoms with E-state index in [0.717, 1.165) is 55.4 Å². The zero-order valence-electron chi connectivity index (χ0n) is 16.7. The van der Waals surface area contributed by atoms with Gasteiger partial charge >= 0.3 is 0 Å². The Hall–Kier alpha value is -1.34. The summed E-state index contributed by atoms with van der Waals surface area (Å²) in [4.78, 5) is 34.9. The lowest BCUT2D eigenvalue weighted by atomic mass is 9.97. The smallest absolute Gasteiger partial charge is 0.263 e. The van der Waals surface area contributed by atoms with Gasteiger partial charge in [0.25, 0.3) is 5.56 Å². The van der Waals surface area contributed by atoms with Crippen LogP contribution >= 0.6 is 23.1 Å². The van der Waals surface area contributed by atoms with Crippen LogP contribution in [0.15, 0.2) is 9.95 Å². The molecule has 4 rings (SSSR count). The number of hydrogen-bond donors (Lipinski definition) is 0. The predicted octanol–water partition coefficient (Wildman–Crippen LogP) is 4.24. The molecule has 2 aromatic heterocycles. The Balaban J connectivity index is 1.56. The standard InChI is InChI=1S/C21H29N3O2S2/c1-2-24-20(26)18-15-10-6-7-11-16(15)28-19(18)22-21(24)27-14-17(25)23-12-8-4-3-5-9-13-23/h2-14H2,1H3. The van der Waals surface area contributed by atoms with Crippen molar-refractivity contribution in [1.29, 1.82) is 0 Å². The number of thiophene rings is 1. The third-order valence-electron chi connectivity index (χ3n) is 5.89. The Labute approximate surface area is 174 Å². The molecule has 1 aliphatic carbocycles. The molecule has 0 spiro atoms. The van der Waals surface area contributed by atoms with Crippen molar-refractivity contribution in [2.45, 2.75) is 76.4 Å². The largest absolute Gasteiger partial charge is 0.342 e. The second-order valence-electron chi connectivity index (χ2n) is 7.77. The SMILES string of the molecule is CCn1c(SCC(=O)N2CCCCCCC2)nc2sc3c(c2c1=O)CCCC3. The average Bonchev–Trinajstić information content (AvgIpc) is 3.04. The molecule has 28 heavy (non-hydrogen) atoms. The Morgan fingerprint density at radius 2 is 1.79 bits per heavy atom. The Morgan fingerprint density at radius 3 is 2.54 bits per heavy atom. The van der Waals surface area contributed by atoms with Gasteiger partial charge in [-0.05, 0) is 51.0 Å². The maximum Gasteiger partial charge on any atom is 0.263 e. The second-order valence-corrected chi connectivity index (χ2v) is 9.80.